The average molecular weight is 538 g/mol. The highest BCUT2D eigenvalue weighted by Crippen LogP contribution is 2.27. The number of piperazine rings is 1. The van der Waals surface area contributed by atoms with Crippen LogP contribution in [0.15, 0.2) is 65.0 Å². The van der Waals surface area contributed by atoms with Crippen molar-refractivity contribution in [3.63, 3.8) is 0 Å². The number of carbonyl (C=O) groups excluding carboxylic acids is 2. The number of hydrogen-bond donors (Lipinski definition) is 1. The molecule has 1 aliphatic rings. The molecule has 0 aliphatic carbocycles. The van der Waals surface area contributed by atoms with Gasteiger partial charge in [-0.3, -0.25) is 14.3 Å². The number of aromatic nitrogens is 2. The molecular weight excluding hydrogens is 510 g/mol. The van der Waals surface area contributed by atoms with Gasteiger partial charge in [-0.15, -0.1) is 11.3 Å². The molecule has 0 radical (unpaired) electrons. The lowest BCUT2D eigenvalue weighted by Gasteiger charge is -2.36. The molecule has 37 heavy (non-hydrogen) atoms. The molecule has 4 aromatic rings. The molecular formula is C26H27N5O4S2. The van der Waals surface area contributed by atoms with Crippen molar-refractivity contribution in [1.29, 1.82) is 0 Å². The lowest BCUT2D eigenvalue weighted by molar-refractivity contribution is -0.139. The molecule has 9 nitrogen and oxygen atoms in total. The lowest BCUT2D eigenvalue weighted by Crippen LogP contribution is -2.53. The molecule has 192 valence electrons. The zero-order chi connectivity index (χ0) is 26.3. The van der Waals surface area contributed by atoms with Crippen LogP contribution in [0.1, 0.15) is 24.2 Å². The van der Waals surface area contributed by atoms with Crippen LogP contribution in [0, 0.1) is 13.8 Å². The maximum absolute atomic E-state index is 13.4. The summed E-state index contributed by atoms with van der Waals surface area (Å²) in [5.74, 6) is -0.322. The van der Waals surface area contributed by atoms with Crippen LogP contribution in [0.2, 0.25) is 0 Å². The van der Waals surface area contributed by atoms with Crippen LogP contribution in [0.25, 0.3) is 10.9 Å². The molecule has 3 heterocycles. The van der Waals surface area contributed by atoms with E-state index >= 15 is 0 Å². The van der Waals surface area contributed by atoms with Crippen LogP contribution >= 0.6 is 11.3 Å². The number of hydrogen-bond acceptors (Lipinski definition) is 6. The maximum atomic E-state index is 13.4. The van der Waals surface area contributed by atoms with Crippen LogP contribution in [0.3, 0.4) is 0 Å². The Balaban J connectivity index is 1.27. The van der Waals surface area contributed by atoms with Crippen molar-refractivity contribution in [3.8, 4) is 0 Å². The summed E-state index contributed by atoms with van der Waals surface area (Å²) in [6.45, 7) is 6.57. The Bertz CT molecular complexity index is 1580. The normalized spacial score (nSPS) is 15.3. The number of thiazole rings is 1. The maximum Gasteiger partial charge on any atom is 0.263 e. The Morgan fingerprint density at radius 3 is 2.51 bits per heavy atom. The first-order chi connectivity index (χ1) is 17.6. The van der Waals surface area contributed by atoms with Crippen molar-refractivity contribution in [3.05, 3.63) is 71.4 Å². The first kappa shape index (κ1) is 25.0. The highest BCUT2D eigenvalue weighted by Gasteiger charge is 2.32. The average Bonchev–Trinajstić information content (AvgIpc) is 3.49. The number of sulfonamides is 1. The van der Waals surface area contributed by atoms with E-state index in [0.717, 1.165) is 22.2 Å². The lowest BCUT2D eigenvalue weighted by atomic mass is 10.1. The summed E-state index contributed by atoms with van der Waals surface area (Å²) in [4.78, 5) is 33.6. The number of nitrogens with zero attached hydrogens (tertiary/aromatic N) is 4. The van der Waals surface area contributed by atoms with E-state index in [4.69, 9.17) is 0 Å². The van der Waals surface area contributed by atoms with E-state index in [9.17, 15) is 18.0 Å². The summed E-state index contributed by atoms with van der Waals surface area (Å²) >= 11 is 1.19. The van der Waals surface area contributed by atoms with Gasteiger partial charge in [-0.1, -0.05) is 11.6 Å². The molecule has 5 rings (SSSR count). The third kappa shape index (κ3) is 4.84. The number of nitrogens with one attached hydrogen (secondary N) is 1. The highest BCUT2D eigenvalue weighted by atomic mass is 32.2. The third-order valence-corrected chi connectivity index (χ3v) is 8.75. The van der Waals surface area contributed by atoms with Gasteiger partial charge < -0.3 is 14.4 Å². The Labute approximate surface area is 219 Å². The zero-order valence-corrected chi connectivity index (χ0v) is 22.3. The summed E-state index contributed by atoms with van der Waals surface area (Å²) in [6.07, 6.45) is 1.52. The van der Waals surface area contributed by atoms with Gasteiger partial charge in [-0.05, 0) is 63.2 Å². The molecule has 1 unspecified atom stereocenters. The number of benzene rings is 2. The molecule has 11 heteroatoms. The number of carbonyl (C=O) groups is 2. The van der Waals surface area contributed by atoms with Gasteiger partial charge in [-0.25, -0.2) is 13.4 Å². The van der Waals surface area contributed by atoms with E-state index in [0.29, 0.717) is 18.8 Å². The van der Waals surface area contributed by atoms with Gasteiger partial charge in [0.25, 0.3) is 10.0 Å². The summed E-state index contributed by atoms with van der Waals surface area (Å²) in [6, 6.07) is 13.9. The minimum Gasteiger partial charge on any atom is -0.333 e. The standard InChI is InChI=1S/C26H27N5O4S2/c1-17-4-9-23-20(14-17)15-18(2)31(23)19(3)25(33)29-11-12-30(24(32)16-29)21-5-7-22(8-6-21)37(34,35)28-26-27-10-13-36-26/h4-10,13-15,19H,11-12,16H2,1-3H3,(H,27,28). The van der Waals surface area contributed by atoms with Gasteiger partial charge in [0.05, 0.1) is 4.90 Å². The molecule has 1 N–H and O–H groups in total. The number of aryl methyl sites for hydroxylation is 2. The molecule has 0 bridgehead atoms. The minimum atomic E-state index is -3.78. The van der Waals surface area contributed by atoms with Crippen molar-refractivity contribution in [2.45, 2.75) is 31.7 Å². The highest BCUT2D eigenvalue weighted by molar-refractivity contribution is 7.93. The fourth-order valence-electron chi connectivity index (χ4n) is 4.77. The van der Waals surface area contributed by atoms with Gasteiger partial charge in [0.2, 0.25) is 11.8 Å². The quantitative estimate of drug-likeness (QED) is 0.401. The van der Waals surface area contributed by atoms with E-state index in [-0.39, 0.29) is 28.4 Å². The molecule has 1 fully saturated rings. The summed E-state index contributed by atoms with van der Waals surface area (Å²) in [5.41, 5.74) is 3.73. The molecule has 2 aromatic carbocycles. The largest absolute Gasteiger partial charge is 0.333 e. The summed E-state index contributed by atoms with van der Waals surface area (Å²) in [5, 5.41) is 3.05. The monoisotopic (exact) mass is 537 g/mol. The van der Waals surface area contributed by atoms with Gasteiger partial charge in [0.15, 0.2) is 5.13 Å². The number of amides is 2. The Hall–Kier alpha value is -3.70. The predicted molar refractivity (Wildman–Crippen MR) is 144 cm³/mol. The number of rotatable bonds is 6. The van der Waals surface area contributed by atoms with E-state index in [1.165, 1.54) is 29.7 Å². The van der Waals surface area contributed by atoms with E-state index in [1.807, 2.05) is 37.5 Å². The van der Waals surface area contributed by atoms with Gasteiger partial charge in [0.1, 0.15) is 12.6 Å². The Morgan fingerprint density at radius 2 is 1.84 bits per heavy atom. The van der Waals surface area contributed by atoms with Crippen molar-refractivity contribution in [1.82, 2.24) is 14.5 Å². The fraction of sp³-hybridized carbons (Fsp3) is 0.269. The fourth-order valence-corrected chi connectivity index (χ4v) is 6.56. The predicted octanol–water partition coefficient (Wildman–Crippen LogP) is 3.95. The van der Waals surface area contributed by atoms with Crippen LogP contribution in [-0.2, 0) is 19.6 Å². The zero-order valence-electron chi connectivity index (χ0n) is 20.7. The van der Waals surface area contributed by atoms with Crippen LogP contribution in [0.5, 0.6) is 0 Å². The van der Waals surface area contributed by atoms with Gasteiger partial charge in [-0.2, -0.15) is 0 Å². The first-order valence-corrected chi connectivity index (χ1v) is 14.2. The van der Waals surface area contributed by atoms with Crippen LogP contribution in [0.4, 0.5) is 10.8 Å². The molecule has 0 spiro atoms. The summed E-state index contributed by atoms with van der Waals surface area (Å²) in [7, 11) is -3.78. The Morgan fingerprint density at radius 1 is 1.08 bits per heavy atom. The second-order valence-corrected chi connectivity index (χ2v) is 11.7. The third-order valence-electron chi connectivity index (χ3n) is 6.58. The van der Waals surface area contributed by atoms with E-state index in [1.54, 1.807) is 27.3 Å². The van der Waals surface area contributed by atoms with Crippen molar-refractivity contribution in [2.75, 3.05) is 29.3 Å². The molecule has 2 amide bonds. The minimum absolute atomic E-state index is 0.0355. The molecule has 1 aliphatic heterocycles. The van der Waals surface area contributed by atoms with Crippen molar-refractivity contribution in [2.24, 2.45) is 0 Å². The van der Waals surface area contributed by atoms with Gasteiger partial charge in [0, 0.05) is 47.0 Å². The molecule has 2 aromatic heterocycles. The van der Waals surface area contributed by atoms with Crippen LogP contribution < -0.4 is 9.62 Å². The van der Waals surface area contributed by atoms with E-state index < -0.39 is 16.1 Å². The second kappa shape index (κ2) is 9.64. The Kier molecular flexibility index (Phi) is 6.50. The summed E-state index contributed by atoms with van der Waals surface area (Å²) < 4.78 is 29.6. The molecule has 1 atom stereocenters. The topological polar surface area (TPSA) is 105 Å². The first-order valence-electron chi connectivity index (χ1n) is 11.8. The van der Waals surface area contributed by atoms with Gasteiger partial charge >= 0.3 is 0 Å². The SMILES string of the molecule is Cc1ccc2c(c1)cc(C)n2C(C)C(=O)N1CCN(c2ccc(S(=O)(=O)Nc3nccs3)cc2)C(=O)C1. The molecule has 1 saturated heterocycles. The van der Waals surface area contributed by atoms with Crippen LogP contribution in [-0.4, -0.2) is 54.3 Å². The number of anilines is 2. The van der Waals surface area contributed by atoms with Crippen molar-refractivity contribution < 1.29 is 18.0 Å². The molecule has 0 saturated carbocycles. The second-order valence-electron chi connectivity index (χ2n) is 9.14. The number of fused-ring (bicyclic) bond motifs is 1. The van der Waals surface area contributed by atoms with Crippen molar-refractivity contribution >= 4 is 54.9 Å². The van der Waals surface area contributed by atoms with E-state index in [2.05, 4.69) is 21.8 Å². The smallest absolute Gasteiger partial charge is 0.263 e.